The molecule has 0 saturated carbocycles. The Morgan fingerprint density at radius 2 is 2.43 bits per heavy atom. The molecule has 4 heteroatoms. The van der Waals surface area contributed by atoms with Gasteiger partial charge in [-0.2, -0.15) is 0 Å². The van der Waals surface area contributed by atoms with Crippen LogP contribution in [-0.4, -0.2) is 37.7 Å². The second-order valence-corrected chi connectivity index (χ2v) is 4.09. The zero-order valence-electron chi connectivity index (χ0n) is 9.08. The van der Waals surface area contributed by atoms with Crippen LogP contribution in [0.1, 0.15) is 26.7 Å². The lowest BCUT2D eigenvalue weighted by atomic mass is 10.2. The van der Waals surface area contributed by atoms with Gasteiger partial charge in [-0.15, -0.1) is 0 Å². The fourth-order valence-corrected chi connectivity index (χ4v) is 1.61. The highest BCUT2D eigenvalue weighted by Crippen LogP contribution is 2.08. The minimum atomic E-state index is 0.109. The molecule has 1 saturated heterocycles. The van der Waals surface area contributed by atoms with Crippen LogP contribution < -0.4 is 10.6 Å². The van der Waals surface area contributed by atoms with Gasteiger partial charge in [0.15, 0.2) is 6.54 Å². The number of carbonyl (C=O) groups excluding carboxylic acids is 1. The van der Waals surface area contributed by atoms with Gasteiger partial charge in [-0.05, 0) is 26.7 Å². The van der Waals surface area contributed by atoms with Crippen molar-refractivity contribution in [2.75, 3.05) is 19.7 Å². The van der Waals surface area contributed by atoms with Crippen molar-refractivity contribution in [1.82, 2.24) is 5.32 Å². The zero-order valence-corrected chi connectivity index (χ0v) is 9.08. The molecule has 1 heterocycles. The molecule has 1 aliphatic heterocycles. The molecule has 1 atom stereocenters. The van der Waals surface area contributed by atoms with Crippen molar-refractivity contribution in [3.63, 3.8) is 0 Å². The van der Waals surface area contributed by atoms with Crippen LogP contribution in [0.5, 0.6) is 0 Å². The zero-order chi connectivity index (χ0) is 10.4. The summed E-state index contributed by atoms with van der Waals surface area (Å²) in [6.45, 7) is 6.25. The lowest BCUT2D eigenvalue weighted by molar-refractivity contribution is -0.650. The quantitative estimate of drug-likeness (QED) is 0.615. The Morgan fingerprint density at radius 1 is 1.64 bits per heavy atom. The molecular weight excluding hydrogens is 180 g/mol. The van der Waals surface area contributed by atoms with E-state index in [0.717, 1.165) is 26.0 Å². The van der Waals surface area contributed by atoms with Crippen molar-refractivity contribution >= 4 is 5.91 Å². The molecule has 0 aromatic carbocycles. The summed E-state index contributed by atoms with van der Waals surface area (Å²) in [6, 6.07) is 0.235. The fourth-order valence-electron chi connectivity index (χ4n) is 1.61. The molecule has 82 valence electrons. The Balaban J connectivity index is 1.99. The summed E-state index contributed by atoms with van der Waals surface area (Å²) in [5.41, 5.74) is 0. The van der Waals surface area contributed by atoms with E-state index < -0.39 is 0 Å². The van der Waals surface area contributed by atoms with Crippen molar-refractivity contribution in [2.45, 2.75) is 38.8 Å². The molecule has 0 radical (unpaired) electrons. The number of carbonyl (C=O) groups is 1. The van der Waals surface area contributed by atoms with E-state index in [4.69, 9.17) is 4.74 Å². The van der Waals surface area contributed by atoms with Gasteiger partial charge in [-0.3, -0.25) is 4.79 Å². The Morgan fingerprint density at radius 3 is 3.00 bits per heavy atom. The topological polar surface area (TPSA) is 54.9 Å². The van der Waals surface area contributed by atoms with Gasteiger partial charge < -0.3 is 15.4 Å². The molecule has 0 spiro atoms. The van der Waals surface area contributed by atoms with E-state index in [-0.39, 0.29) is 11.9 Å². The maximum atomic E-state index is 11.2. The summed E-state index contributed by atoms with van der Waals surface area (Å²) in [7, 11) is 0. The third-order valence-electron chi connectivity index (χ3n) is 2.23. The first-order valence-electron chi connectivity index (χ1n) is 5.41. The van der Waals surface area contributed by atoms with Gasteiger partial charge >= 0.3 is 0 Å². The maximum Gasteiger partial charge on any atom is 0.275 e. The Bertz CT molecular complexity index is 177. The molecule has 3 N–H and O–H groups in total. The van der Waals surface area contributed by atoms with Crippen LogP contribution in [0.3, 0.4) is 0 Å². The lowest BCUT2D eigenvalue weighted by Gasteiger charge is -2.09. The Kier molecular flexibility index (Phi) is 4.90. The van der Waals surface area contributed by atoms with Crippen molar-refractivity contribution < 1.29 is 14.8 Å². The van der Waals surface area contributed by atoms with E-state index in [1.165, 1.54) is 0 Å². The molecular formula is C10H21N2O2+. The van der Waals surface area contributed by atoms with Crippen molar-refractivity contribution in [2.24, 2.45) is 0 Å². The van der Waals surface area contributed by atoms with Crippen molar-refractivity contribution in [1.29, 1.82) is 0 Å². The summed E-state index contributed by atoms with van der Waals surface area (Å²) in [6.07, 6.45) is 2.67. The lowest BCUT2D eigenvalue weighted by Crippen LogP contribution is -2.88. The van der Waals surface area contributed by atoms with E-state index in [1.54, 1.807) is 0 Å². The van der Waals surface area contributed by atoms with E-state index in [2.05, 4.69) is 5.32 Å². The van der Waals surface area contributed by atoms with Crippen LogP contribution in [-0.2, 0) is 9.53 Å². The summed E-state index contributed by atoms with van der Waals surface area (Å²) < 4.78 is 5.45. The molecule has 0 aliphatic carbocycles. The molecule has 1 fully saturated rings. The highest BCUT2D eigenvalue weighted by Gasteiger charge is 2.17. The van der Waals surface area contributed by atoms with Gasteiger partial charge in [0.05, 0.1) is 0 Å². The monoisotopic (exact) mass is 201 g/mol. The standard InChI is InChI=1S/C10H20N2O2/c1-8(2)12-10(13)7-11-6-9-4-3-5-14-9/h8-9,11H,3-7H2,1-2H3,(H,12,13)/p+1/t9-/m1/s1. The number of ether oxygens (including phenoxy) is 1. The van der Waals surface area contributed by atoms with Gasteiger partial charge in [0.1, 0.15) is 12.6 Å². The van der Waals surface area contributed by atoms with E-state index in [0.29, 0.717) is 12.6 Å². The first kappa shape index (κ1) is 11.5. The second-order valence-electron chi connectivity index (χ2n) is 4.09. The molecule has 0 aromatic heterocycles. The molecule has 4 nitrogen and oxygen atoms in total. The predicted octanol–water partition coefficient (Wildman–Crippen LogP) is -0.747. The number of nitrogens with two attached hydrogens (primary N) is 1. The molecule has 14 heavy (non-hydrogen) atoms. The van der Waals surface area contributed by atoms with Crippen LogP contribution in [0.4, 0.5) is 0 Å². The van der Waals surface area contributed by atoms with Crippen LogP contribution in [0.2, 0.25) is 0 Å². The number of amides is 1. The average molecular weight is 201 g/mol. The summed E-state index contributed by atoms with van der Waals surface area (Å²) in [4.78, 5) is 11.2. The summed E-state index contributed by atoms with van der Waals surface area (Å²) in [5, 5.41) is 4.88. The minimum Gasteiger partial charge on any atom is -0.372 e. The van der Waals surface area contributed by atoms with Crippen LogP contribution >= 0.6 is 0 Å². The molecule has 0 unspecified atom stereocenters. The maximum absolute atomic E-state index is 11.2. The Hall–Kier alpha value is -0.610. The SMILES string of the molecule is CC(C)NC(=O)C[NH2+]C[C@H]1CCCO1. The second kappa shape index (κ2) is 5.98. The van der Waals surface area contributed by atoms with Gasteiger partial charge in [0.2, 0.25) is 0 Å². The molecule has 0 aromatic rings. The molecule has 1 amide bonds. The van der Waals surface area contributed by atoms with Gasteiger partial charge in [-0.1, -0.05) is 0 Å². The fraction of sp³-hybridized carbons (Fsp3) is 0.900. The summed E-state index contributed by atoms with van der Waals surface area (Å²) in [5.74, 6) is 0.109. The number of hydrogen-bond donors (Lipinski definition) is 2. The number of rotatable bonds is 5. The average Bonchev–Trinajstić information content (AvgIpc) is 2.55. The van der Waals surface area contributed by atoms with Gasteiger partial charge in [-0.25, -0.2) is 0 Å². The molecule has 1 aliphatic rings. The van der Waals surface area contributed by atoms with Gasteiger partial charge in [0, 0.05) is 12.6 Å². The first-order valence-corrected chi connectivity index (χ1v) is 5.41. The number of hydrogen-bond acceptors (Lipinski definition) is 2. The van der Waals surface area contributed by atoms with E-state index in [1.807, 2.05) is 19.2 Å². The van der Waals surface area contributed by atoms with Crippen LogP contribution in [0.25, 0.3) is 0 Å². The molecule has 1 rings (SSSR count). The molecule has 0 bridgehead atoms. The third-order valence-corrected chi connectivity index (χ3v) is 2.23. The highest BCUT2D eigenvalue weighted by molar-refractivity contribution is 5.76. The smallest absolute Gasteiger partial charge is 0.275 e. The largest absolute Gasteiger partial charge is 0.372 e. The van der Waals surface area contributed by atoms with Crippen molar-refractivity contribution in [3.05, 3.63) is 0 Å². The van der Waals surface area contributed by atoms with Crippen LogP contribution in [0, 0.1) is 0 Å². The van der Waals surface area contributed by atoms with Crippen LogP contribution in [0.15, 0.2) is 0 Å². The van der Waals surface area contributed by atoms with E-state index >= 15 is 0 Å². The number of nitrogens with one attached hydrogen (secondary N) is 1. The Labute approximate surface area is 85.4 Å². The minimum absolute atomic E-state index is 0.109. The first-order chi connectivity index (χ1) is 6.68. The predicted molar refractivity (Wildman–Crippen MR) is 53.9 cm³/mol. The van der Waals surface area contributed by atoms with Crippen molar-refractivity contribution in [3.8, 4) is 0 Å². The summed E-state index contributed by atoms with van der Waals surface area (Å²) >= 11 is 0. The van der Waals surface area contributed by atoms with Gasteiger partial charge in [0.25, 0.3) is 5.91 Å². The highest BCUT2D eigenvalue weighted by atomic mass is 16.5. The third kappa shape index (κ3) is 4.58. The van der Waals surface area contributed by atoms with E-state index in [9.17, 15) is 4.79 Å². The number of quaternary nitrogens is 1. The normalized spacial score (nSPS) is 21.5.